The number of ether oxygens (including phenoxy) is 1. The van der Waals surface area contributed by atoms with Gasteiger partial charge in [-0.3, -0.25) is 25.2 Å². The zero-order valence-corrected chi connectivity index (χ0v) is 16.5. The van der Waals surface area contributed by atoms with Crippen molar-refractivity contribution >= 4 is 17.7 Å². The molecule has 0 fully saturated rings. The van der Waals surface area contributed by atoms with E-state index in [0.29, 0.717) is 17.9 Å². The van der Waals surface area contributed by atoms with Gasteiger partial charge in [0.1, 0.15) is 17.6 Å². The lowest BCUT2D eigenvalue weighted by Gasteiger charge is -2.22. The molecule has 0 aliphatic heterocycles. The van der Waals surface area contributed by atoms with E-state index in [0.717, 1.165) is 6.07 Å². The van der Waals surface area contributed by atoms with Crippen LogP contribution >= 0.6 is 0 Å². The second-order valence-electron chi connectivity index (χ2n) is 6.58. The molecule has 0 heterocycles. The van der Waals surface area contributed by atoms with Crippen LogP contribution in [0.3, 0.4) is 0 Å². The van der Waals surface area contributed by atoms with Crippen LogP contribution in [0.2, 0.25) is 0 Å². The van der Waals surface area contributed by atoms with Gasteiger partial charge in [0, 0.05) is 5.56 Å². The molecule has 0 radical (unpaired) electrons. The summed E-state index contributed by atoms with van der Waals surface area (Å²) in [5.74, 6) is -2.18. The first-order valence-corrected chi connectivity index (χ1v) is 9.22. The predicted octanol–water partition coefficient (Wildman–Crippen LogP) is 2.44. The molecule has 29 heavy (non-hydrogen) atoms. The molecule has 7 nitrogen and oxygen atoms in total. The summed E-state index contributed by atoms with van der Waals surface area (Å²) in [5.41, 5.74) is 4.56. The van der Waals surface area contributed by atoms with Crippen LogP contribution in [0.25, 0.3) is 0 Å². The summed E-state index contributed by atoms with van der Waals surface area (Å²) in [6.45, 7) is 5.87. The third kappa shape index (κ3) is 6.03. The topological polar surface area (TPSA) is 96.5 Å². The Morgan fingerprint density at radius 3 is 2.21 bits per heavy atom. The molecule has 1 atom stereocenters. The monoisotopic (exact) mass is 401 g/mol. The van der Waals surface area contributed by atoms with E-state index in [1.165, 1.54) is 18.2 Å². The van der Waals surface area contributed by atoms with Gasteiger partial charge in [-0.2, -0.15) is 0 Å². The molecule has 2 aromatic carbocycles. The first-order chi connectivity index (χ1) is 13.8. The van der Waals surface area contributed by atoms with E-state index in [-0.39, 0.29) is 11.5 Å². The van der Waals surface area contributed by atoms with Crippen LogP contribution in [0.15, 0.2) is 48.5 Å². The van der Waals surface area contributed by atoms with Gasteiger partial charge in [0.2, 0.25) is 0 Å². The fourth-order valence-corrected chi connectivity index (χ4v) is 2.54. The van der Waals surface area contributed by atoms with E-state index in [1.54, 1.807) is 38.1 Å². The minimum absolute atomic E-state index is 0.202. The van der Waals surface area contributed by atoms with Crippen LogP contribution < -0.4 is 20.9 Å². The minimum Gasteiger partial charge on any atom is -0.494 e. The first kappa shape index (κ1) is 21.9. The van der Waals surface area contributed by atoms with E-state index in [2.05, 4.69) is 16.2 Å². The maximum Gasteiger partial charge on any atom is 0.272 e. The van der Waals surface area contributed by atoms with Crippen molar-refractivity contribution in [1.29, 1.82) is 0 Å². The Hall–Kier alpha value is -3.42. The normalized spacial score (nSPS) is 11.5. The summed E-state index contributed by atoms with van der Waals surface area (Å²) in [4.78, 5) is 37.0. The molecule has 3 N–H and O–H groups in total. The van der Waals surface area contributed by atoms with Crippen LogP contribution in [-0.2, 0) is 4.79 Å². The van der Waals surface area contributed by atoms with Crippen molar-refractivity contribution < 1.29 is 23.5 Å². The molecule has 0 aromatic heterocycles. The molecule has 0 aliphatic carbocycles. The standard InChI is InChI=1S/C21H24FN3O4/c1-4-29-15-11-9-14(10-12-15)19(26)23-18(13(2)3)21(28)25-24-20(27)16-7-5-6-8-17(16)22/h5-13,18H,4H2,1-3H3,(H,23,26)(H,24,27)(H,25,28)/t18-/m0/s1. The molecule has 0 aliphatic rings. The van der Waals surface area contributed by atoms with Gasteiger partial charge in [-0.1, -0.05) is 26.0 Å². The number of carbonyl (C=O) groups is 3. The number of rotatable bonds is 7. The fraction of sp³-hybridized carbons (Fsp3) is 0.286. The molecule has 0 saturated heterocycles. The number of amides is 3. The summed E-state index contributed by atoms with van der Waals surface area (Å²) >= 11 is 0. The average molecular weight is 401 g/mol. The third-order valence-electron chi connectivity index (χ3n) is 4.08. The van der Waals surface area contributed by atoms with Gasteiger partial charge in [0.05, 0.1) is 12.2 Å². The zero-order chi connectivity index (χ0) is 21.4. The van der Waals surface area contributed by atoms with Crippen molar-refractivity contribution in [2.24, 2.45) is 5.92 Å². The van der Waals surface area contributed by atoms with Crippen molar-refractivity contribution in [2.75, 3.05) is 6.61 Å². The molecule has 2 rings (SSSR count). The number of hydrogen-bond acceptors (Lipinski definition) is 4. The summed E-state index contributed by atoms with van der Waals surface area (Å²) < 4.78 is 19.0. The summed E-state index contributed by atoms with van der Waals surface area (Å²) in [6.07, 6.45) is 0. The van der Waals surface area contributed by atoms with Crippen LogP contribution in [0.4, 0.5) is 4.39 Å². The highest BCUT2D eigenvalue weighted by atomic mass is 19.1. The largest absolute Gasteiger partial charge is 0.494 e. The van der Waals surface area contributed by atoms with Gasteiger partial charge in [-0.25, -0.2) is 4.39 Å². The zero-order valence-electron chi connectivity index (χ0n) is 16.5. The van der Waals surface area contributed by atoms with Crippen LogP contribution in [-0.4, -0.2) is 30.4 Å². The molecular formula is C21H24FN3O4. The van der Waals surface area contributed by atoms with Gasteiger partial charge in [-0.05, 0) is 49.2 Å². The van der Waals surface area contributed by atoms with Gasteiger partial charge < -0.3 is 10.1 Å². The lowest BCUT2D eigenvalue weighted by atomic mass is 10.0. The molecule has 3 amide bonds. The Morgan fingerprint density at radius 2 is 1.62 bits per heavy atom. The van der Waals surface area contributed by atoms with Gasteiger partial charge in [0.25, 0.3) is 17.7 Å². The smallest absolute Gasteiger partial charge is 0.272 e. The second-order valence-corrected chi connectivity index (χ2v) is 6.58. The molecule has 154 valence electrons. The van der Waals surface area contributed by atoms with Crippen molar-refractivity contribution in [1.82, 2.24) is 16.2 Å². The van der Waals surface area contributed by atoms with Crippen LogP contribution in [0, 0.1) is 11.7 Å². The lowest BCUT2D eigenvalue weighted by Crippen LogP contribution is -2.54. The van der Waals surface area contributed by atoms with E-state index < -0.39 is 29.6 Å². The van der Waals surface area contributed by atoms with Gasteiger partial charge in [-0.15, -0.1) is 0 Å². The predicted molar refractivity (Wildman–Crippen MR) is 106 cm³/mol. The number of benzene rings is 2. The molecule has 2 aromatic rings. The Morgan fingerprint density at radius 1 is 0.966 bits per heavy atom. The van der Waals surface area contributed by atoms with Gasteiger partial charge in [0.15, 0.2) is 0 Å². The fourth-order valence-electron chi connectivity index (χ4n) is 2.54. The quantitative estimate of drug-likeness (QED) is 0.621. The molecule has 0 spiro atoms. The van der Waals surface area contributed by atoms with Crippen molar-refractivity contribution in [3.63, 3.8) is 0 Å². The van der Waals surface area contributed by atoms with E-state index in [9.17, 15) is 18.8 Å². The third-order valence-corrected chi connectivity index (χ3v) is 4.08. The number of halogens is 1. The van der Waals surface area contributed by atoms with Gasteiger partial charge >= 0.3 is 0 Å². The number of hydrogen-bond donors (Lipinski definition) is 3. The Bertz CT molecular complexity index is 868. The molecular weight excluding hydrogens is 377 g/mol. The van der Waals surface area contributed by atoms with E-state index in [1.807, 2.05) is 6.92 Å². The first-order valence-electron chi connectivity index (χ1n) is 9.22. The summed E-state index contributed by atoms with van der Waals surface area (Å²) in [7, 11) is 0. The van der Waals surface area contributed by atoms with E-state index >= 15 is 0 Å². The number of nitrogens with one attached hydrogen (secondary N) is 3. The summed E-state index contributed by atoms with van der Waals surface area (Å²) in [5, 5.41) is 2.64. The number of hydrazine groups is 1. The maximum absolute atomic E-state index is 13.6. The molecule has 0 bridgehead atoms. The minimum atomic E-state index is -0.907. The van der Waals surface area contributed by atoms with Crippen LogP contribution in [0.1, 0.15) is 41.5 Å². The van der Waals surface area contributed by atoms with Crippen molar-refractivity contribution in [3.8, 4) is 5.75 Å². The van der Waals surface area contributed by atoms with E-state index in [4.69, 9.17) is 4.74 Å². The molecule has 8 heteroatoms. The average Bonchev–Trinajstić information content (AvgIpc) is 2.70. The maximum atomic E-state index is 13.6. The second kappa shape index (κ2) is 10.2. The van der Waals surface area contributed by atoms with Crippen molar-refractivity contribution in [3.05, 3.63) is 65.5 Å². The highest BCUT2D eigenvalue weighted by molar-refractivity contribution is 5.99. The van der Waals surface area contributed by atoms with Crippen molar-refractivity contribution in [2.45, 2.75) is 26.8 Å². The molecule has 0 saturated carbocycles. The molecule has 0 unspecified atom stereocenters. The number of carbonyl (C=O) groups excluding carboxylic acids is 3. The lowest BCUT2D eigenvalue weighted by molar-refractivity contribution is -0.124. The highest BCUT2D eigenvalue weighted by Crippen LogP contribution is 2.13. The summed E-state index contributed by atoms with van der Waals surface area (Å²) in [6, 6.07) is 11.0. The Labute approximate surface area is 168 Å². The highest BCUT2D eigenvalue weighted by Gasteiger charge is 2.25. The Kier molecular flexibility index (Phi) is 7.70. The Balaban J connectivity index is 1.99. The SMILES string of the molecule is CCOc1ccc(C(=O)N[C@H](C(=O)NNC(=O)c2ccccc2F)C(C)C)cc1. The van der Waals surface area contributed by atoms with Crippen LogP contribution in [0.5, 0.6) is 5.75 Å².